The summed E-state index contributed by atoms with van der Waals surface area (Å²) in [5.41, 5.74) is 6.95. The molecule has 1 saturated heterocycles. The van der Waals surface area contributed by atoms with Crippen molar-refractivity contribution in [2.75, 3.05) is 19.6 Å². The molecule has 1 atom stereocenters. The molecule has 4 bridgehead atoms. The Morgan fingerprint density at radius 1 is 0.947 bits per heavy atom. The standard InChI is InChI=1S/C17H28N2/c18-16-9-19(10-17(16)1-2-17)8-15-13-4-11-3-12(6-13)7-14(15)5-11/h11-16H,1-10,18H2. The third kappa shape index (κ3) is 1.68. The lowest BCUT2D eigenvalue weighted by molar-refractivity contribution is -0.0473. The Kier molecular flexibility index (Phi) is 2.29. The maximum Gasteiger partial charge on any atom is 0.0237 e. The molecular formula is C17H28N2. The molecule has 0 aromatic carbocycles. The van der Waals surface area contributed by atoms with Crippen LogP contribution in [0.1, 0.15) is 44.9 Å². The van der Waals surface area contributed by atoms with Gasteiger partial charge in [0.25, 0.3) is 0 Å². The number of likely N-dealkylation sites (tertiary alicyclic amines) is 1. The summed E-state index contributed by atoms with van der Waals surface area (Å²) in [4.78, 5) is 2.75. The van der Waals surface area contributed by atoms with Crippen LogP contribution >= 0.6 is 0 Å². The van der Waals surface area contributed by atoms with Crippen LogP contribution in [0.15, 0.2) is 0 Å². The van der Waals surface area contributed by atoms with Crippen LogP contribution in [0.2, 0.25) is 0 Å². The van der Waals surface area contributed by atoms with Gasteiger partial charge in [-0.1, -0.05) is 0 Å². The Hall–Kier alpha value is -0.0800. The van der Waals surface area contributed by atoms with Gasteiger partial charge in [-0.2, -0.15) is 0 Å². The molecule has 1 aliphatic heterocycles. The molecule has 2 N–H and O–H groups in total. The van der Waals surface area contributed by atoms with E-state index in [1.54, 1.807) is 32.1 Å². The van der Waals surface area contributed by atoms with E-state index in [1.807, 2.05) is 0 Å². The summed E-state index contributed by atoms with van der Waals surface area (Å²) < 4.78 is 0. The van der Waals surface area contributed by atoms with Crippen LogP contribution in [0, 0.1) is 35.0 Å². The molecule has 1 heterocycles. The minimum absolute atomic E-state index is 0.490. The molecule has 2 nitrogen and oxygen atoms in total. The highest BCUT2D eigenvalue weighted by molar-refractivity contribution is 5.09. The number of nitrogens with zero attached hydrogens (tertiary/aromatic N) is 1. The van der Waals surface area contributed by atoms with Gasteiger partial charge >= 0.3 is 0 Å². The highest BCUT2D eigenvalue weighted by Crippen LogP contribution is 2.57. The van der Waals surface area contributed by atoms with Crippen molar-refractivity contribution < 1.29 is 0 Å². The molecule has 2 heteroatoms. The van der Waals surface area contributed by atoms with Gasteiger partial charge in [0.05, 0.1) is 0 Å². The summed E-state index contributed by atoms with van der Waals surface area (Å²) in [7, 11) is 0. The van der Waals surface area contributed by atoms with Crippen LogP contribution in [0.4, 0.5) is 0 Å². The summed E-state index contributed by atoms with van der Waals surface area (Å²) >= 11 is 0. The third-order valence-corrected chi connectivity index (χ3v) is 7.56. The molecule has 19 heavy (non-hydrogen) atoms. The average Bonchev–Trinajstić information content (AvgIpc) is 3.06. The predicted molar refractivity (Wildman–Crippen MR) is 76.6 cm³/mol. The first-order valence-corrected chi connectivity index (χ1v) is 8.70. The molecular weight excluding hydrogens is 232 g/mol. The molecule has 6 rings (SSSR count). The normalized spacial score (nSPS) is 54.2. The smallest absolute Gasteiger partial charge is 0.0237 e. The Morgan fingerprint density at radius 2 is 1.58 bits per heavy atom. The fourth-order valence-electron chi connectivity index (χ4n) is 6.56. The van der Waals surface area contributed by atoms with Gasteiger partial charge in [0.2, 0.25) is 0 Å². The van der Waals surface area contributed by atoms with Crippen molar-refractivity contribution >= 4 is 0 Å². The molecule has 1 spiro atoms. The first-order chi connectivity index (χ1) is 9.22. The SMILES string of the molecule is NC1CN(CC2C3CC4CC(C3)CC2C4)CC12CC2. The van der Waals surface area contributed by atoms with Crippen molar-refractivity contribution in [1.29, 1.82) is 0 Å². The summed E-state index contributed by atoms with van der Waals surface area (Å²) in [6, 6.07) is 0.490. The molecule has 5 aliphatic carbocycles. The van der Waals surface area contributed by atoms with Gasteiger partial charge in [0, 0.05) is 25.7 Å². The topological polar surface area (TPSA) is 29.3 Å². The monoisotopic (exact) mass is 260 g/mol. The second-order valence-electron chi connectivity index (χ2n) is 8.76. The number of nitrogens with two attached hydrogens (primary N) is 1. The van der Waals surface area contributed by atoms with Crippen molar-refractivity contribution in [3.63, 3.8) is 0 Å². The second-order valence-corrected chi connectivity index (χ2v) is 8.76. The molecule has 6 fully saturated rings. The Labute approximate surface area is 117 Å². The summed E-state index contributed by atoms with van der Waals surface area (Å²) in [6.45, 7) is 3.92. The minimum Gasteiger partial charge on any atom is -0.326 e. The van der Waals surface area contributed by atoms with E-state index in [0.29, 0.717) is 11.5 Å². The predicted octanol–water partition coefficient (Wildman–Crippen LogP) is 2.48. The largest absolute Gasteiger partial charge is 0.326 e. The van der Waals surface area contributed by atoms with Gasteiger partial charge in [-0.3, -0.25) is 0 Å². The van der Waals surface area contributed by atoms with E-state index in [9.17, 15) is 0 Å². The first kappa shape index (κ1) is 11.6. The fraction of sp³-hybridized carbons (Fsp3) is 1.00. The third-order valence-electron chi connectivity index (χ3n) is 7.56. The number of rotatable bonds is 2. The Morgan fingerprint density at radius 3 is 2.11 bits per heavy atom. The van der Waals surface area contributed by atoms with Gasteiger partial charge in [0.1, 0.15) is 0 Å². The lowest BCUT2D eigenvalue weighted by atomic mass is 9.52. The van der Waals surface area contributed by atoms with Gasteiger partial charge in [-0.25, -0.2) is 0 Å². The highest BCUT2D eigenvalue weighted by atomic mass is 15.2. The van der Waals surface area contributed by atoms with E-state index in [4.69, 9.17) is 5.73 Å². The number of hydrogen-bond donors (Lipinski definition) is 1. The zero-order valence-corrected chi connectivity index (χ0v) is 12.1. The van der Waals surface area contributed by atoms with E-state index >= 15 is 0 Å². The van der Waals surface area contributed by atoms with Crippen molar-refractivity contribution in [1.82, 2.24) is 4.90 Å². The van der Waals surface area contributed by atoms with Crippen LogP contribution in [-0.2, 0) is 0 Å². The van der Waals surface area contributed by atoms with Crippen molar-refractivity contribution in [2.24, 2.45) is 40.7 Å². The molecule has 0 radical (unpaired) electrons. The van der Waals surface area contributed by atoms with E-state index in [-0.39, 0.29) is 0 Å². The fourth-order valence-corrected chi connectivity index (χ4v) is 6.56. The molecule has 106 valence electrons. The van der Waals surface area contributed by atoms with Crippen LogP contribution in [0.25, 0.3) is 0 Å². The second kappa shape index (κ2) is 3.76. The maximum atomic E-state index is 6.37. The van der Waals surface area contributed by atoms with E-state index in [0.717, 1.165) is 29.6 Å². The van der Waals surface area contributed by atoms with E-state index < -0.39 is 0 Å². The lowest BCUT2D eigenvalue weighted by Gasteiger charge is -2.55. The zero-order valence-electron chi connectivity index (χ0n) is 12.1. The zero-order chi connectivity index (χ0) is 12.6. The van der Waals surface area contributed by atoms with Gasteiger partial charge in [-0.15, -0.1) is 0 Å². The van der Waals surface area contributed by atoms with Gasteiger partial charge in [-0.05, 0) is 80.0 Å². The van der Waals surface area contributed by atoms with Crippen molar-refractivity contribution in [3.8, 4) is 0 Å². The summed E-state index contributed by atoms with van der Waals surface area (Å²) in [6.07, 6.45) is 10.7. The molecule has 6 aliphatic rings. The molecule has 0 aromatic rings. The Balaban J connectivity index is 1.30. The molecule has 0 amide bonds. The molecule has 1 unspecified atom stereocenters. The lowest BCUT2D eigenvalue weighted by Crippen LogP contribution is -2.49. The van der Waals surface area contributed by atoms with E-state index in [2.05, 4.69) is 4.90 Å². The van der Waals surface area contributed by atoms with Crippen molar-refractivity contribution in [3.05, 3.63) is 0 Å². The highest BCUT2D eigenvalue weighted by Gasteiger charge is 2.55. The number of hydrogen-bond acceptors (Lipinski definition) is 2. The average molecular weight is 260 g/mol. The Bertz CT molecular complexity index is 359. The van der Waals surface area contributed by atoms with Gasteiger partial charge in [0.15, 0.2) is 0 Å². The van der Waals surface area contributed by atoms with Crippen molar-refractivity contribution in [2.45, 2.75) is 51.0 Å². The van der Waals surface area contributed by atoms with E-state index in [1.165, 1.54) is 32.5 Å². The molecule has 5 saturated carbocycles. The minimum atomic E-state index is 0.490. The van der Waals surface area contributed by atoms with Crippen LogP contribution in [0.3, 0.4) is 0 Å². The maximum absolute atomic E-state index is 6.37. The van der Waals surface area contributed by atoms with Crippen LogP contribution in [0.5, 0.6) is 0 Å². The summed E-state index contributed by atoms with van der Waals surface area (Å²) in [5.74, 6) is 5.45. The summed E-state index contributed by atoms with van der Waals surface area (Å²) in [5, 5.41) is 0. The molecule has 0 aromatic heterocycles. The quantitative estimate of drug-likeness (QED) is 0.826. The van der Waals surface area contributed by atoms with Crippen LogP contribution < -0.4 is 5.73 Å². The first-order valence-electron chi connectivity index (χ1n) is 8.70. The van der Waals surface area contributed by atoms with Gasteiger partial charge < -0.3 is 10.6 Å². The van der Waals surface area contributed by atoms with Crippen LogP contribution in [-0.4, -0.2) is 30.6 Å².